The van der Waals surface area contributed by atoms with E-state index in [-0.39, 0.29) is 9.03 Å². The van der Waals surface area contributed by atoms with Crippen LogP contribution in [0.1, 0.15) is 59.8 Å². The van der Waals surface area contributed by atoms with Crippen LogP contribution in [0.5, 0.6) is 0 Å². The van der Waals surface area contributed by atoms with E-state index in [1.54, 1.807) is 0 Å². The van der Waals surface area contributed by atoms with Gasteiger partial charge in [-0.15, -0.1) is 0 Å². The Kier molecular flexibility index (Phi) is 10.6. The smallest absolute Gasteiger partial charge is 0.155 e. The zero-order valence-corrected chi connectivity index (χ0v) is 21.3. The summed E-state index contributed by atoms with van der Waals surface area (Å²) >= 11 is 0. The van der Waals surface area contributed by atoms with Gasteiger partial charge in [0.05, 0.1) is 13.2 Å². The molecule has 4 aromatic carbocycles. The highest BCUT2D eigenvalue weighted by atomic mass is 31.1. The minimum atomic E-state index is 0.105. The molecule has 0 bridgehead atoms. The maximum absolute atomic E-state index is 5.84. The van der Waals surface area contributed by atoms with Gasteiger partial charge >= 0.3 is 0 Å². The molecule has 35 heavy (non-hydrogen) atoms. The lowest BCUT2D eigenvalue weighted by Gasteiger charge is -2.18. The second-order valence-electron chi connectivity index (χ2n) is 8.81. The van der Waals surface area contributed by atoms with Gasteiger partial charge in [0.1, 0.15) is 0 Å². The first-order valence-electron chi connectivity index (χ1n) is 12.6. The third kappa shape index (κ3) is 8.15. The predicted molar refractivity (Wildman–Crippen MR) is 148 cm³/mol. The normalized spacial score (nSPS) is 11.3. The molecule has 0 radical (unpaired) electrons. The van der Waals surface area contributed by atoms with Crippen LogP contribution in [0.3, 0.4) is 0 Å². The molecule has 180 valence electrons. The third-order valence-electron chi connectivity index (χ3n) is 6.40. The summed E-state index contributed by atoms with van der Waals surface area (Å²) in [5.74, 6) is 0.802. The molecule has 4 rings (SSSR count). The molecular formula is C32H35O2P. The molecule has 3 heteroatoms. The molecule has 0 N–H and O–H groups in total. The van der Waals surface area contributed by atoms with E-state index < -0.39 is 0 Å². The molecule has 0 fully saturated rings. The van der Waals surface area contributed by atoms with Gasteiger partial charge in [-0.3, -0.25) is 0 Å². The van der Waals surface area contributed by atoms with E-state index in [1.807, 2.05) is 0 Å². The van der Waals surface area contributed by atoms with Crippen LogP contribution < -0.4 is 0 Å². The summed E-state index contributed by atoms with van der Waals surface area (Å²) in [5, 5.41) is 0. The number of rotatable bonds is 14. The van der Waals surface area contributed by atoms with Crippen molar-refractivity contribution in [2.75, 3.05) is 13.2 Å². The van der Waals surface area contributed by atoms with E-state index in [1.165, 1.54) is 22.3 Å². The molecule has 0 unspecified atom stereocenters. The Morgan fingerprint density at radius 3 is 1.00 bits per heavy atom. The summed E-state index contributed by atoms with van der Waals surface area (Å²) in [4.78, 5) is 0. The Labute approximate surface area is 212 Å². The first kappa shape index (κ1) is 25.3. The Hall–Kier alpha value is -2.77. The van der Waals surface area contributed by atoms with Crippen molar-refractivity contribution in [2.45, 2.75) is 37.5 Å². The summed E-state index contributed by atoms with van der Waals surface area (Å²) in [7, 11) is 0.105. The lowest BCUT2D eigenvalue weighted by Crippen LogP contribution is -2.03. The van der Waals surface area contributed by atoms with Gasteiger partial charge in [0.2, 0.25) is 0 Å². The van der Waals surface area contributed by atoms with E-state index in [4.69, 9.17) is 9.05 Å². The van der Waals surface area contributed by atoms with E-state index in [0.717, 1.165) is 38.9 Å². The molecule has 0 aromatic heterocycles. The second-order valence-corrected chi connectivity index (χ2v) is 9.56. The molecule has 0 spiro atoms. The molecule has 0 aliphatic rings. The van der Waals surface area contributed by atoms with Gasteiger partial charge in [-0.25, -0.2) is 0 Å². The Balaban J connectivity index is 1.16. The van der Waals surface area contributed by atoms with Gasteiger partial charge in [-0.05, 0) is 47.9 Å². The lowest BCUT2D eigenvalue weighted by atomic mass is 9.88. The van der Waals surface area contributed by atoms with Crippen molar-refractivity contribution in [3.8, 4) is 0 Å². The van der Waals surface area contributed by atoms with Crippen molar-refractivity contribution in [1.29, 1.82) is 0 Å². The third-order valence-corrected chi connectivity index (χ3v) is 7.05. The van der Waals surface area contributed by atoms with Crippen LogP contribution in [-0.4, -0.2) is 13.2 Å². The number of benzene rings is 4. The lowest BCUT2D eigenvalue weighted by molar-refractivity contribution is 0.256. The molecule has 0 aliphatic carbocycles. The van der Waals surface area contributed by atoms with Crippen molar-refractivity contribution >= 4 is 9.03 Å². The fourth-order valence-electron chi connectivity index (χ4n) is 4.64. The van der Waals surface area contributed by atoms with Crippen molar-refractivity contribution in [2.24, 2.45) is 0 Å². The van der Waals surface area contributed by atoms with E-state index in [2.05, 4.69) is 121 Å². The number of hydrogen-bond acceptors (Lipinski definition) is 2. The van der Waals surface area contributed by atoms with Gasteiger partial charge in [0.15, 0.2) is 9.03 Å². The molecule has 4 aromatic rings. The molecule has 0 aliphatic heterocycles. The maximum atomic E-state index is 5.84. The van der Waals surface area contributed by atoms with Crippen LogP contribution in [0.25, 0.3) is 0 Å². The van der Waals surface area contributed by atoms with Gasteiger partial charge in [0.25, 0.3) is 0 Å². The second kappa shape index (κ2) is 14.6. The molecule has 0 saturated heterocycles. The molecule has 2 nitrogen and oxygen atoms in total. The number of hydrogen-bond donors (Lipinski definition) is 0. The fraction of sp³-hybridized carbons (Fsp3) is 0.250. The van der Waals surface area contributed by atoms with Crippen LogP contribution in [0.15, 0.2) is 121 Å². The minimum Gasteiger partial charge on any atom is -0.336 e. The largest absolute Gasteiger partial charge is 0.336 e. The monoisotopic (exact) mass is 482 g/mol. The molecule has 0 heterocycles. The zero-order valence-electron chi connectivity index (χ0n) is 20.3. The Morgan fingerprint density at radius 2 is 0.714 bits per heavy atom. The highest BCUT2D eigenvalue weighted by Gasteiger charge is 2.14. The maximum Gasteiger partial charge on any atom is 0.155 e. The highest BCUT2D eigenvalue weighted by molar-refractivity contribution is 7.26. The van der Waals surface area contributed by atoms with E-state index in [9.17, 15) is 0 Å². The molecule has 0 atom stereocenters. The van der Waals surface area contributed by atoms with Crippen LogP contribution in [0, 0.1) is 0 Å². The van der Waals surface area contributed by atoms with Crippen molar-refractivity contribution in [3.05, 3.63) is 144 Å². The quantitative estimate of drug-likeness (QED) is 0.132. The van der Waals surface area contributed by atoms with Gasteiger partial charge in [-0.1, -0.05) is 121 Å². The average molecular weight is 483 g/mol. The van der Waals surface area contributed by atoms with Gasteiger partial charge in [0, 0.05) is 11.8 Å². The average Bonchev–Trinajstić information content (AvgIpc) is 2.94. The van der Waals surface area contributed by atoms with E-state index >= 15 is 0 Å². The van der Waals surface area contributed by atoms with Gasteiger partial charge < -0.3 is 9.05 Å². The van der Waals surface area contributed by atoms with Crippen LogP contribution in [0.4, 0.5) is 0 Å². The summed E-state index contributed by atoms with van der Waals surface area (Å²) in [5.41, 5.74) is 5.46. The van der Waals surface area contributed by atoms with Crippen LogP contribution in [-0.2, 0) is 9.05 Å². The molecule has 0 amide bonds. The standard InChI is InChI=1S/C32H35O2P/c1-5-15-27(16-6-1)31(28-17-7-2-8-18-28)23-13-25-33-35-34-26-14-24-32(29-19-9-3-10-20-29)30-21-11-4-12-22-30/h1-12,15-22,31-32,35H,13-14,23-26H2. The van der Waals surface area contributed by atoms with Crippen molar-refractivity contribution in [1.82, 2.24) is 0 Å². The molecule has 0 saturated carbocycles. The predicted octanol–water partition coefficient (Wildman–Crippen LogP) is 8.75. The Morgan fingerprint density at radius 1 is 0.429 bits per heavy atom. The topological polar surface area (TPSA) is 18.5 Å². The molecular weight excluding hydrogens is 447 g/mol. The summed E-state index contributed by atoms with van der Waals surface area (Å²) in [6.45, 7) is 1.45. The minimum absolute atomic E-state index is 0.105. The summed E-state index contributed by atoms with van der Waals surface area (Å²) in [6.07, 6.45) is 4.15. The van der Waals surface area contributed by atoms with Gasteiger partial charge in [-0.2, -0.15) is 0 Å². The van der Waals surface area contributed by atoms with Crippen LogP contribution >= 0.6 is 9.03 Å². The van der Waals surface area contributed by atoms with Crippen LogP contribution in [0.2, 0.25) is 0 Å². The summed E-state index contributed by atoms with van der Waals surface area (Å²) < 4.78 is 11.7. The Bertz CT molecular complexity index is 904. The highest BCUT2D eigenvalue weighted by Crippen LogP contribution is 2.31. The first-order chi connectivity index (χ1) is 17.4. The van der Waals surface area contributed by atoms with Crippen molar-refractivity contribution in [3.63, 3.8) is 0 Å². The SMILES string of the molecule is c1ccc(C(CCCOPOCCCC(c2ccccc2)c2ccccc2)c2ccccc2)cc1. The first-order valence-corrected chi connectivity index (χ1v) is 13.4. The fourth-order valence-corrected chi connectivity index (χ4v) is 5.18. The van der Waals surface area contributed by atoms with E-state index in [0.29, 0.717) is 11.8 Å². The summed E-state index contributed by atoms with van der Waals surface area (Å²) in [6, 6.07) is 43.1. The van der Waals surface area contributed by atoms with Crippen molar-refractivity contribution < 1.29 is 9.05 Å². The zero-order chi connectivity index (χ0) is 24.0.